The lowest BCUT2D eigenvalue weighted by atomic mass is 9.60. The van der Waals surface area contributed by atoms with Gasteiger partial charge in [-0.2, -0.15) is 0 Å². The predicted molar refractivity (Wildman–Crippen MR) is 65.4 cm³/mol. The second kappa shape index (κ2) is 2.87. The highest BCUT2D eigenvalue weighted by Gasteiger charge is 2.63. The van der Waals surface area contributed by atoms with Crippen LogP contribution in [0.5, 0.6) is 0 Å². The van der Waals surface area contributed by atoms with E-state index in [2.05, 4.69) is 24.3 Å². The standard InChI is InChI=1S/C16H16O2/c17-15-11-7-1-2-8(5-7)12(11)16(18)14-10-4-3-9(6-10)13(14)15/h1-4,7-14H,5-6H2/t7-,8+,9+,10-,11-,12-,13-,14+/m1/s1. The molecule has 2 nitrogen and oxygen atoms in total. The Labute approximate surface area is 106 Å². The van der Waals surface area contributed by atoms with Crippen LogP contribution < -0.4 is 0 Å². The molecule has 5 aliphatic rings. The number of hydrogen-bond donors (Lipinski definition) is 0. The van der Waals surface area contributed by atoms with Gasteiger partial charge in [0.2, 0.25) is 0 Å². The van der Waals surface area contributed by atoms with Gasteiger partial charge in [0, 0.05) is 23.7 Å². The van der Waals surface area contributed by atoms with Gasteiger partial charge in [0.15, 0.2) is 0 Å². The Hall–Kier alpha value is -1.18. The summed E-state index contributed by atoms with van der Waals surface area (Å²) < 4.78 is 0. The van der Waals surface area contributed by atoms with E-state index in [4.69, 9.17) is 0 Å². The van der Waals surface area contributed by atoms with E-state index in [9.17, 15) is 9.59 Å². The summed E-state index contributed by atoms with van der Waals surface area (Å²) in [5.41, 5.74) is 0. The maximum atomic E-state index is 12.8. The minimum Gasteiger partial charge on any atom is -0.299 e. The fraction of sp³-hybridized carbons (Fsp3) is 0.625. The third-order valence-corrected chi connectivity index (χ3v) is 6.23. The molecule has 18 heavy (non-hydrogen) atoms. The number of carbonyl (C=O) groups is 2. The molecule has 0 radical (unpaired) electrons. The lowest BCUT2D eigenvalue weighted by Gasteiger charge is -2.40. The Kier molecular flexibility index (Phi) is 1.55. The largest absolute Gasteiger partial charge is 0.299 e. The number of rotatable bonds is 0. The summed E-state index contributed by atoms with van der Waals surface area (Å²) in [6, 6.07) is 0. The average molecular weight is 240 g/mol. The van der Waals surface area contributed by atoms with Crippen molar-refractivity contribution in [1.29, 1.82) is 0 Å². The third-order valence-electron chi connectivity index (χ3n) is 6.23. The zero-order chi connectivity index (χ0) is 12.0. The molecule has 0 aromatic carbocycles. The van der Waals surface area contributed by atoms with Gasteiger partial charge in [-0.05, 0) is 36.5 Å². The van der Waals surface area contributed by atoms with Crippen molar-refractivity contribution in [3.8, 4) is 0 Å². The number of hydrogen-bond acceptors (Lipinski definition) is 2. The van der Waals surface area contributed by atoms with E-state index in [-0.39, 0.29) is 23.7 Å². The van der Waals surface area contributed by atoms with Gasteiger partial charge < -0.3 is 0 Å². The van der Waals surface area contributed by atoms with Gasteiger partial charge in [0.05, 0.1) is 0 Å². The number of carbonyl (C=O) groups excluding carboxylic acids is 2. The van der Waals surface area contributed by atoms with Crippen molar-refractivity contribution in [2.75, 3.05) is 0 Å². The van der Waals surface area contributed by atoms with Crippen LogP contribution in [0.2, 0.25) is 0 Å². The van der Waals surface area contributed by atoms with E-state index in [1.54, 1.807) is 0 Å². The van der Waals surface area contributed by atoms with Gasteiger partial charge in [0.25, 0.3) is 0 Å². The van der Waals surface area contributed by atoms with Crippen LogP contribution in [0.1, 0.15) is 12.8 Å². The molecule has 0 aromatic heterocycles. The molecule has 5 rings (SSSR count). The first-order valence-electron chi connectivity index (χ1n) is 7.20. The molecule has 0 aromatic rings. The molecule has 2 heteroatoms. The number of Topliss-reactive ketones (excluding diaryl/α,β-unsaturated/α-hetero) is 2. The number of allylic oxidation sites excluding steroid dienone is 4. The Morgan fingerprint density at radius 1 is 0.611 bits per heavy atom. The Morgan fingerprint density at radius 3 is 1.17 bits per heavy atom. The fourth-order valence-corrected chi connectivity index (χ4v) is 5.64. The molecule has 5 aliphatic carbocycles. The summed E-state index contributed by atoms with van der Waals surface area (Å²) in [6.45, 7) is 0. The van der Waals surface area contributed by atoms with E-state index in [0.29, 0.717) is 35.2 Å². The molecule has 0 aliphatic heterocycles. The first-order chi connectivity index (χ1) is 8.75. The van der Waals surface area contributed by atoms with E-state index in [1.807, 2.05) is 0 Å². The highest BCUT2D eigenvalue weighted by molar-refractivity contribution is 6.02. The van der Waals surface area contributed by atoms with Crippen molar-refractivity contribution < 1.29 is 9.59 Å². The molecule has 0 heterocycles. The quantitative estimate of drug-likeness (QED) is 0.607. The van der Waals surface area contributed by atoms with Gasteiger partial charge in [-0.3, -0.25) is 9.59 Å². The lowest BCUT2D eigenvalue weighted by Crippen LogP contribution is -2.50. The van der Waals surface area contributed by atoms with Crippen molar-refractivity contribution in [3.05, 3.63) is 24.3 Å². The van der Waals surface area contributed by atoms with Crippen LogP contribution in [-0.4, -0.2) is 11.6 Å². The molecule has 0 spiro atoms. The summed E-state index contributed by atoms with van der Waals surface area (Å²) in [4.78, 5) is 25.6. The van der Waals surface area contributed by atoms with Gasteiger partial charge in [-0.25, -0.2) is 0 Å². The van der Waals surface area contributed by atoms with Crippen molar-refractivity contribution in [3.63, 3.8) is 0 Å². The maximum Gasteiger partial charge on any atom is 0.141 e. The van der Waals surface area contributed by atoms with Gasteiger partial charge in [-0.1, -0.05) is 24.3 Å². The smallest absolute Gasteiger partial charge is 0.141 e. The van der Waals surface area contributed by atoms with Crippen LogP contribution in [0.25, 0.3) is 0 Å². The van der Waals surface area contributed by atoms with Gasteiger partial charge in [-0.15, -0.1) is 0 Å². The summed E-state index contributed by atoms with van der Waals surface area (Å²) in [5, 5.41) is 0. The Balaban J connectivity index is 1.65. The average Bonchev–Trinajstić information content (AvgIpc) is 3.10. The van der Waals surface area contributed by atoms with Crippen LogP contribution in [0.15, 0.2) is 24.3 Å². The topological polar surface area (TPSA) is 34.1 Å². The summed E-state index contributed by atoms with van der Waals surface area (Å²) in [5.74, 6) is 2.53. The van der Waals surface area contributed by atoms with E-state index in [1.165, 1.54) is 0 Å². The minimum absolute atomic E-state index is 0.0431. The van der Waals surface area contributed by atoms with Crippen molar-refractivity contribution in [2.24, 2.45) is 47.3 Å². The summed E-state index contributed by atoms with van der Waals surface area (Å²) in [6.07, 6.45) is 10.9. The normalized spacial score (nSPS) is 58.4. The van der Waals surface area contributed by atoms with Crippen LogP contribution >= 0.6 is 0 Å². The molecule has 0 saturated heterocycles. The highest BCUT2D eigenvalue weighted by Crippen LogP contribution is 2.60. The zero-order valence-electron chi connectivity index (χ0n) is 10.2. The molecule has 92 valence electrons. The first kappa shape index (κ1) is 9.71. The fourth-order valence-electron chi connectivity index (χ4n) is 5.64. The number of fused-ring (bicyclic) bond motifs is 10. The van der Waals surface area contributed by atoms with Crippen LogP contribution in [0, 0.1) is 47.3 Å². The summed E-state index contributed by atoms with van der Waals surface area (Å²) >= 11 is 0. The van der Waals surface area contributed by atoms with Crippen molar-refractivity contribution >= 4 is 11.6 Å². The molecular weight excluding hydrogens is 224 g/mol. The van der Waals surface area contributed by atoms with Crippen LogP contribution in [0.4, 0.5) is 0 Å². The van der Waals surface area contributed by atoms with Gasteiger partial charge >= 0.3 is 0 Å². The molecule has 0 unspecified atom stereocenters. The maximum absolute atomic E-state index is 12.8. The van der Waals surface area contributed by atoms with Crippen LogP contribution in [0.3, 0.4) is 0 Å². The van der Waals surface area contributed by atoms with Crippen LogP contribution in [-0.2, 0) is 9.59 Å². The van der Waals surface area contributed by atoms with Crippen molar-refractivity contribution in [1.82, 2.24) is 0 Å². The molecule has 0 amide bonds. The first-order valence-corrected chi connectivity index (χ1v) is 7.20. The second-order valence-electron chi connectivity index (χ2n) is 6.80. The molecule has 4 bridgehead atoms. The Bertz CT molecular complexity index is 441. The van der Waals surface area contributed by atoms with E-state index < -0.39 is 0 Å². The molecule has 3 saturated carbocycles. The Morgan fingerprint density at radius 2 is 0.889 bits per heavy atom. The second-order valence-corrected chi connectivity index (χ2v) is 6.80. The lowest BCUT2D eigenvalue weighted by molar-refractivity contribution is -0.148. The molecule has 0 N–H and O–H groups in total. The SMILES string of the molecule is O=C1[C@H]2[C@H](C(=O)[C@@H]3[C@H]1[C@H]1C=C[C@@H]3C1)[C@H]1C=C[C@@H]2C1. The van der Waals surface area contributed by atoms with Crippen molar-refractivity contribution in [2.45, 2.75) is 12.8 Å². The summed E-state index contributed by atoms with van der Waals surface area (Å²) in [7, 11) is 0. The predicted octanol–water partition coefficient (Wildman–Crippen LogP) is 2.01. The zero-order valence-corrected chi connectivity index (χ0v) is 10.2. The van der Waals surface area contributed by atoms with E-state index in [0.717, 1.165) is 12.8 Å². The van der Waals surface area contributed by atoms with E-state index >= 15 is 0 Å². The minimum atomic E-state index is 0.0431. The van der Waals surface area contributed by atoms with Gasteiger partial charge in [0.1, 0.15) is 11.6 Å². The monoisotopic (exact) mass is 240 g/mol. The molecule has 8 atom stereocenters. The third kappa shape index (κ3) is 0.877. The highest BCUT2D eigenvalue weighted by atomic mass is 16.1. The molecule has 3 fully saturated rings. The number of ketones is 2. The molecular formula is C16H16O2.